The second-order valence-electron chi connectivity index (χ2n) is 5.29. The number of nitrogen functional groups attached to an aromatic ring is 1. The monoisotopic (exact) mass is 387 g/mol. The van der Waals surface area contributed by atoms with Gasteiger partial charge in [-0.1, -0.05) is 11.6 Å². The molecule has 1 saturated heterocycles. The first kappa shape index (κ1) is 19.8. The number of halogens is 1. The zero-order valence-electron chi connectivity index (χ0n) is 14.0. The quantitative estimate of drug-likeness (QED) is 0.488. The molecule has 12 heteroatoms. The van der Waals surface area contributed by atoms with Crippen molar-refractivity contribution in [2.75, 3.05) is 12.3 Å². The number of fused-ring (bicyclic) bond motifs is 1. The number of hydrogen-bond acceptors (Lipinski definition) is 10. The fourth-order valence-corrected chi connectivity index (χ4v) is 2.42. The van der Waals surface area contributed by atoms with Crippen LogP contribution >= 0.6 is 11.6 Å². The highest BCUT2D eigenvalue weighted by Gasteiger charge is 2.37. The number of nitrogens with two attached hydrogens (primary N) is 1. The number of aromatic nitrogens is 4. The van der Waals surface area contributed by atoms with Crippen molar-refractivity contribution in [3.63, 3.8) is 0 Å². The van der Waals surface area contributed by atoms with Gasteiger partial charge >= 0.3 is 11.9 Å². The van der Waals surface area contributed by atoms with Gasteiger partial charge in [-0.25, -0.2) is 4.98 Å². The van der Waals surface area contributed by atoms with Crippen LogP contribution in [0, 0.1) is 0 Å². The van der Waals surface area contributed by atoms with Crippen LogP contribution in [-0.4, -0.2) is 62.1 Å². The van der Waals surface area contributed by atoms with Crippen molar-refractivity contribution in [1.82, 2.24) is 19.9 Å². The van der Waals surface area contributed by atoms with E-state index in [2.05, 4.69) is 19.9 Å². The summed E-state index contributed by atoms with van der Waals surface area (Å²) in [4.78, 5) is 35.5. The zero-order chi connectivity index (χ0) is 19.3. The van der Waals surface area contributed by atoms with Crippen LogP contribution in [0.4, 0.5) is 5.95 Å². The number of aliphatic hydroxyl groups is 1. The molecule has 0 radical (unpaired) electrons. The average molecular weight is 388 g/mol. The van der Waals surface area contributed by atoms with E-state index in [1.54, 1.807) is 0 Å². The maximum Gasteiger partial charge on any atom is 0.303 e. The second-order valence-corrected chi connectivity index (χ2v) is 5.65. The number of H-pyrrole nitrogens is 1. The molecule has 1 aliphatic rings. The maximum absolute atomic E-state index is 10.7. The number of rotatable bonds is 3. The molecule has 0 saturated carbocycles. The number of hydrogen-bond donors (Lipinski definition) is 3. The predicted octanol–water partition coefficient (Wildman–Crippen LogP) is 0.177. The Morgan fingerprint density at radius 3 is 2.81 bits per heavy atom. The van der Waals surface area contributed by atoms with Crippen molar-refractivity contribution >= 4 is 40.7 Å². The molecule has 0 aromatic carbocycles. The molecule has 3 atom stereocenters. The summed E-state index contributed by atoms with van der Waals surface area (Å²) in [6, 6.07) is 0. The molecule has 0 aliphatic carbocycles. The van der Waals surface area contributed by atoms with E-state index < -0.39 is 30.4 Å². The minimum absolute atomic E-state index is 0.0235. The summed E-state index contributed by atoms with van der Waals surface area (Å²) in [6.07, 6.45) is -0.435. The number of nitrogens with zero attached hydrogens (tertiary/aromatic N) is 3. The van der Waals surface area contributed by atoms with Crippen molar-refractivity contribution in [3.8, 4) is 0 Å². The number of ether oxygens (including phenoxy) is 3. The van der Waals surface area contributed by atoms with E-state index in [-0.39, 0.29) is 19.0 Å². The van der Waals surface area contributed by atoms with Gasteiger partial charge < -0.3 is 30.0 Å². The summed E-state index contributed by atoms with van der Waals surface area (Å²) in [5.74, 6) is -0.762. The zero-order valence-corrected chi connectivity index (χ0v) is 14.8. The standard InChI is InChI=1S/C9H14O6.C5H4ClN5/c1-5(10)13-4-8-7(14-6(2)11)3-9(12)15-8;6-3-2-4(9-1-8-2)11-5(7)10-3/h7-9,12H,3-4H2,1-2H3;1H,(H3,7,8,9,10,11)/t7-,8+,9?;/m0./s1. The number of esters is 2. The van der Waals surface area contributed by atoms with E-state index in [1.165, 1.54) is 20.2 Å². The molecule has 1 aliphatic heterocycles. The Morgan fingerprint density at radius 2 is 2.15 bits per heavy atom. The number of aromatic amines is 1. The third-order valence-electron chi connectivity index (χ3n) is 3.21. The number of carbonyl (C=O) groups excluding carboxylic acids is 2. The van der Waals surface area contributed by atoms with Crippen LogP contribution in [0.25, 0.3) is 11.2 Å². The molecule has 0 amide bonds. The van der Waals surface area contributed by atoms with Crippen LogP contribution in [0.2, 0.25) is 5.15 Å². The first-order chi connectivity index (χ1) is 12.3. The minimum Gasteiger partial charge on any atom is -0.463 e. The van der Waals surface area contributed by atoms with Crippen LogP contribution in [-0.2, 0) is 23.8 Å². The Bertz CT molecular complexity index is 784. The molecular formula is C14H18ClN5O6. The minimum atomic E-state index is -0.977. The lowest BCUT2D eigenvalue weighted by Crippen LogP contribution is -2.31. The lowest BCUT2D eigenvalue weighted by molar-refractivity contribution is -0.159. The summed E-state index contributed by atoms with van der Waals surface area (Å²) in [7, 11) is 0. The van der Waals surface area contributed by atoms with Crippen molar-refractivity contribution in [1.29, 1.82) is 0 Å². The molecule has 1 unspecified atom stereocenters. The van der Waals surface area contributed by atoms with Crippen molar-refractivity contribution < 1.29 is 28.9 Å². The Kier molecular flexibility index (Phi) is 6.66. The van der Waals surface area contributed by atoms with Gasteiger partial charge in [-0.2, -0.15) is 9.97 Å². The number of nitrogens with one attached hydrogen (secondary N) is 1. The lowest BCUT2D eigenvalue weighted by Gasteiger charge is -2.17. The summed E-state index contributed by atoms with van der Waals surface area (Å²) in [5.41, 5.74) is 6.42. The van der Waals surface area contributed by atoms with E-state index in [0.717, 1.165) is 0 Å². The number of carbonyl (C=O) groups is 2. The predicted molar refractivity (Wildman–Crippen MR) is 88.8 cm³/mol. The second kappa shape index (κ2) is 8.74. The number of anilines is 1. The Balaban J connectivity index is 0.000000195. The number of aliphatic hydroxyl groups excluding tert-OH is 1. The van der Waals surface area contributed by atoms with Gasteiger partial charge in [0.2, 0.25) is 5.95 Å². The normalized spacial score (nSPS) is 21.8. The molecule has 11 nitrogen and oxygen atoms in total. The van der Waals surface area contributed by atoms with Gasteiger partial charge in [-0.15, -0.1) is 0 Å². The smallest absolute Gasteiger partial charge is 0.303 e. The van der Waals surface area contributed by atoms with E-state index >= 15 is 0 Å². The largest absolute Gasteiger partial charge is 0.463 e. The van der Waals surface area contributed by atoms with Crippen molar-refractivity contribution in [2.45, 2.75) is 38.8 Å². The third-order valence-corrected chi connectivity index (χ3v) is 3.48. The molecule has 0 spiro atoms. The average Bonchev–Trinajstić information content (AvgIpc) is 3.11. The van der Waals surface area contributed by atoms with Crippen molar-refractivity contribution in [2.24, 2.45) is 0 Å². The fraction of sp³-hybridized carbons (Fsp3) is 0.500. The van der Waals surface area contributed by atoms with Gasteiger partial charge in [0.05, 0.1) is 6.33 Å². The highest BCUT2D eigenvalue weighted by molar-refractivity contribution is 6.33. The summed E-state index contributed by atoms with van der Waals surface area (Å²) in [5, 5.41) is 9.49. The van der Waals surface area contributed by atoms with Crippen LogP contribution in [0.3, 0.4) is 0 Å². The molecule has 142 valence electrons. The molecule has 3 heterocycles. The SMILES string of the molecule is CC(=O)OC[C@H]1OC(O)C[C@@H]1OC(C)=O.Nc1nc(Cl)c2[nH]cnc2n1. The third kappa shape index (κ3) is 5.51. The molecule has 0 bridgehead atoms. The first-order valence-electron chi connectivity index (χ1n) is 7.52. The van der Waals surface area contributed by atoms with E-state index in [9.17, 15) is 14.7 Å². The van der Waals surface area contributed by atoms with E-state index in [1.807, 2.05) is 0 Å². The first-order valence-corrected chi connectivity index (χ1v) is 7.90. The summed E-state index contributed by atoms with van der Waals surface area (Å²) >= 11 is 5.70. The molecule has 26 heavy (non-hydrogen) atoms. The number of imidazole rings is 1. The van der Waals surface area contributed by atoms with Gasteiger partial charge in [0.25, 0.3) is 0 Å². The Hall–Kier alpha value is -2.50. The van der Waals surface area contributed by atoms with Crippen LogP contribution in [0.1, 0.15) is 20.3 Å². The molecule has 3 rings (SSSR count). The molecule has 4 N–H and O–H groups in total. The molecular weight excluding hydrogens is 370 g/mol. The lowest BCUT2D eigenvalue weighted by atomic mass is 10.2. The van der Waals surface area contributed by atoms with Gasteiger partial charge in [-0.3, -0.25) is 9.59 Å². The molecule has 1 fully saturated rings. The summed E-state index contributed by atoms with van der Waals surface area (Å²) in [6.45, 7) is 2.52. The molecule has 2 aromatic rings. The highest BCUT2D eigenvalue weighted by atomic mass is 35.5. The van der Waals surface area contributed by atoms with Gasteiger partial charge in [0.1, 0.15) is 24.3 Å². The van der Waals surface area contributed by atoms with Crippen LogP contribution in [0.5, 0.6) is 0 Å². The Labute approximate surface area is 152 Å². The van der Waals surface area contributed by atoms with E-state index in [4.69, 9.17) is 31.5 Å². The van der Waals surface area contributed by atoms with Gasteiger partial charge in [0.15, 0.2) is 17.1 Å². The fourth-order valence-electron chi connectivity index (χ4n) is 2.19. The maximum atomic E-state index is 10.7. The molecule has 2 aromatic heterocycles. The van der Waals surface area contributed by atoms with Crippen molar-refractivity contribution in [3.05, 3.63) is 11.5 Å². The van der Waals surface area contributed by atoms with Crippen LogP contribution in [0.15, 0.2) is 6.33 Å². The van der Waals surface area contributed by atoms with Gasteiger partial charge in [0, 0.05) is 20.3 Å². The van der Waals surface area contributed by atoms with Crippen LogP contribution < -0.4 is 5.73 Å². The highest BCUT2D eigenvalue weighted by Crippen LogP contribution is 2.22. The topological polar surface area (TPSA) is 163 Å². The Morgan fingerprint density at radius 1 is 1.42 bits per heavy atom. The van der Waals surface area contributed by atoms with E-state index in [0.29, 0.717) is 16.3 Å². The van der Waals surface area contributed by atoms with Gasteiger partial charge in [-0.05, 0) is 0 Å². The summed E-state index contributed by atoms with van der Waals surface area (Å²) < 4.78 is 14.7.